The summed E-state index contributed by atoms with van der Waals surface area (Å²) in [5.74, 6) is 0.719. The third kappa shape index (κ3) is 3.57. The highest BCUT2D eigenvalue weighted by molar-refractivity contribution is 5.53. The van der Waals surface area contributed by atoms with Crippen molar-refractivity contribution in [1.29, 1.82) is 0 Å². The molecule has 2 heterocycles. The first-order valence-electron chi connectivity index (χ1n) is 8.22. The monoisotopic (exact) mass is 299 g/mol. The minimum absolute atomic E-state index is 0.625. The van der Waals surface area contributed by atoms with Crippen LogP contribution >= 0.6 is 0 Å². The van der Waals surface area contributed by atoms with Gasteiger partial charge in [0.25, 0.3) is 0 Å². The van der Waals surface area contributed by atoms with Crippen molar-refractivity contribution >= 4 is 0 Å². The van der Waals surface area contributed by atoms with E-state index < -0.39 is 0 Å². The van der Waals surface area contributed by atoms with Crippen molar-refractivity contribution in [2.24, 2.45) is 0 Å². The van der Waals surface area contributed by atoms with Crippen molar-refractivity contribution in [3.05, 3.63) is 41.8 Å². The van der Waals surface area contributed by atoms with Crippen LogP contribution in [0.3, 0.4) is 0 Å². The number of hydrogen-bond donors (Lipinski definition) is 1. The third-order valence-corrected chi connectivity index (χ3v) is 4.28. The molecule has 0 spiro atoms. The first-order chi connectivity index (χ1) is 10.8. The smallest absolute Gasteiger partial charge is 0.226 e. The van der Waals surface area contributed by atoms with Crippen molar-refractivity contribution in [2.45, 2.75) is 39.3 Å². The molecule has 118 valence electrons. The molecular weight excluding hydrogens is 274 g/mol. The molecule has 0 saturated carbocycles. The molecule has 4 heteroatoms. The van der Waals surface area contributed by atoms with Gasteiger partial charge in [-0.05, 0) is 45.0 Å². The molecule has 4 nitrogen and oxygen atoms in total. The van der Waals surface area contributed by atoms with Gasteiger partial charge in [-0.3, -0.25) is 4.90 Å². The molecule has 2 aromatic rings. The number of nitrogens with zero attached hydrogens (tertiary/aromatic N) is 2. The van der Waals surface area contributed by atoms with Crippen molar-refractivity contribution in [3.8, 4) is 11.5 Å². The van der Waals surface area contributed by atoms with E-state index >= 15 is 0 Å². The summed E-state index contributed by atoms with van der Waals surface area (Å²) in [6.45, 7) is 8.51. The van der Waals surface area contributed by atoms with Crippen LogP contribution in [-0.4, -0.2) is 35.6 Å². The zero-order valence-electron chi connectivity index (χ0n) is 13.5. The third-order valence-electron chi connectivity index (χ3n) is 4.28. The van der Waals surface area contributed by atoms with E-state index in [9.17, 15) is 0 Å². The predicted molar refractivity (Wildman–Crippen MR) is 88.7 cm³/mol. The number of rotatable bonds is 6. The summed E-state index contributed by atoms with van der Waals surface area (Å²) in [5, 5.41) is 3.45. The van der Waals surface area contributed by atoms with Crippen molar-refractivity contribution in [2.75, 3.05) is 19.6 Å². The molecule has 0 bridgehead atoms. The average Bonchev–Trinajstić information content (AvgIpc) is 3.19. The predicted octanol–water partition coefficient (Wildman–Crippen LogP) is 3.22. The molecule has 0 amide bonds. The fourth-order valence-electron chi connectivity index (χ4n) is 3.05. The fraction of sp³-hybridized carbons (Fsp3) is 0.500. The van der Waals surface area contributed by atoms with Crippen molar-refractivity contribution in [1.82, 2.24) is 15.2 Å². The molecule has 1 N–H and O–H groups in total. The number of aromatic nitrogens is 1. The first-order valence-corrected chi connectivity index (χ1v) is 8.22. The molecule has 0 radical (unpaired) electrons. The van der Waals surface area contributed by atoms with Crippen LogP contribution in [0.25, 0.3) is 11.5 Å². The van der Waals surface area contributed by atoms with Crippen molar-refractivity contribution < 1.29 is 4.42 Å². The lowest BCUT2D eigenvalue weighted by Crippen LogP contribution is -2.37. The Hall–Kier alpha value is -1.65. The zero-order chi connectivity index (χ0) is 15.4. The minimum Gasteiger partial charge on any atom is -0.444 e. The van der Waals surface area contributed by atoms with Crippen LogP contribution in [-0.2, 0) is 6.54 Å². The summed E-state index contributed by atoms with van der Waals surface area (Å²) in [6, 6.07) is 8.93. The maximum Gasteiger partial charge on any atom is 0.226 e. The Bertz CT molecular complexity index is 585. The van der Waals surface area contributed by atoms with Crippen LogP contribution < -0.4 is 5.32 Å². The van der Waals surface area contributed by atoms with Gasteiger partial charge in [0.1, 0.15) is 6.26 Å². The second-order valence-electron chi connectivity index (χ2n) is 6.13. The van der Waals surface area contributed by atoms with Crippen molar-refractivity contribution in [3.63, 3.8) is 0 Å². The van der Waals surface area contributed by atoms with E-state index in [2.05, 4.69) is 53.3 Å². The molecule has 22 heavy (non-hydrogen) atoms. The van der Waals surface area contributed by atoms with Gasteiger partial charge >= 0.3 is 0 Å². The Morgan fingerprint density at radius 1 is 1.32 bits per heavy atom. The Balaban J connectivity index is 1.70. The molecule has 1 atom stereocenters. The highest BCUT2D eigenvalue weighted by Crippen LogP contribution is 2.21. The fourth-order valence-corrected chi connectivity index (χ4v) is 3.05. The van der Waals surface area contributed by atoms with E-state index in [1.54, 1.807) is 6.26 Å². The highest BCUT2D eigenvalue weighted by Gasteiger charge is 2.22. The van der Waals surface area contributed by atoms with Gasteiger partial charge in [-0.1, -0.05) is 24.6 Å². The molecule has 1 fully saturated rings. The number of aryl methyl sites for hydroxylation is 1. The van der Waals surface area contributed by atoms with E-state index in [1.165, 1.54) is 18.4 Å². The quantitative estimate of drug-likeness (QED) is 0.889. The summed E-state index contributed by atoms with van der Waals surface area (Å²) in [7, 11) is 0. The highest BCUT2D eigenvalue weighted by atomic mass is 16.3. The number of oxazole rings is 1. The minimum atomic E-state index is 0.625. The number of hydrogen-bond acceptors (Lipinski definition) is 4. The van der Waals surface area contributed by atoms with Gasteiger partial charge < -0.3 is 9.73 Å². The summed E-state index contributed by atoms with van der Waals surface area (Å²) in [5.41, 5.74) is 3.32. The van der Waals surface area contributed by atoms with Crippen LogP contribution in [0.5, 0.6) is 0 Å². The van der Waals surface area contributed by atoms with Gasteiger partial charge in [-0.2, -0.15) is 0 Å². The largest absolute Gasteiger partial charge is 0.444 e. The normalized spacial score (nSPS) is 18.2. The molecule has 1 aromatic heterocycles. The molecule has 1 aliphatic heterocycles. The van der Waals surface area contributed by atoms with E-state index in [-0.39, 0.29) is 0 Å². The Morgan fingerprint density at radius 3 is 2.82 bits per heavy atom. The molecule has 1 aliphatic rings. The molecule has 0 aliphatic carbocycles. The van der Waals surface area contributed by atoms with Crippen LogP contribution in [0, 0.1) is 6.92 Å². The van der Waals surface area contributed by atoms with Gasteiger partial charge in [0.15, 0.2) is 0 Å². The van der Waals surface area contributed by atoms with E-state index in [0.29, 0.717) is 6.04 Å². The maximum atomic E-state index is 5.68. The first kappa shape index (κ1) is 15.3. The number of nitrogens with one attached hydrogen (secondary N) is 1. The van der Waals surface area contributed by atoms with E-state index in [1.807, 2.05) is 0 Å². The molecule has 1 saturated heterocycles. The van der Waals surface area contributed by atoms with Gasteiger partial charge in [-0.25, -0.2) is 4.98 Å². The summed E-state index contributed by atoms with van der Waals surface area (Å²) >= 11 is 0. The van der Waals surface area contributed by atoms with Crippen LogP contribution in [0.1, 0.15) is 31.0 Å². The topological polar surface area (TPSA) is 41.3 Å². The van der Waals surface area contributed by atoms with Crippen LogP contribution in [0.2, 0.25) is 0 Å². The van der Waals surface area contributed by atoms with Gasteiger partial charge in [0.05, 0.1) is 5.69 Å². The molecule has 1 unspecified atom stereocenters. The summed E-state index contributed by atoms with van der Waals surface area (Å²) in [4.78, 5) is 7.20. The average molecular weight is 299 g/mol. The Kier molecular flexibility index (Phi) is 4.90. The van der Waals surface area contributed by atoms with Crippen LogP contribution in [0.15, 0.2) is 34.9 Å². The molecule has 1 aromatic carbocycles. The molecule has 3 rings (SSSR count). The van der Waals surface area contributed by atoms with Gasteiger partial charge in [0.2, 0.25) is 5.89 Å². The van der Waals surface area contributed by atoms with E-state index in [0.717, 1.165) is 43.3 Å². The standard InChI is InChI=1S/C18H25N3O/c1-3-10-21(17-8-9-19-11-17)12-16-13-22-18(20-16)15-6-4-14(2)5-7-15/h4-7,13,17,19H,3,8-12H2,1-2H3. The summed E-state index contributed by atoms with van der Waals surface area (Å²) in [6.07, 6.45) is 4.20. The lowest BCUT2D eigenvalue weighted by molar-refractivity contribution is 0.197. The second kappa shape index (κ2) is 7.07. The number of benzene rings is 1. The second-order valence-corrected chi connectivity index (χ2v) is 6.13. The Labute approximate surface area is 132 Å². The van der Waals surface area contributed by atoms with Gasteiger partial charge in [0, 0.05) is 24.7 Å². The van der Waals surface area contributed by atoms with E-state index in [4.69, 9.17) is 4.42 Å². The van der Waals surface area contributed by atoms with Gasteiger partial charge in [-0.15, -0.1) is 0 Å². The maximum absolute atomic E-state index is 5.68. The lowest BCUT2D eigenvalue weighted by Gasteiger charge is -2.26. The lowest BCUT2D eigenvalue weighted by atomic mass is 10.1. The molecular formula is C18H25N3O. The SMILES string of the molecule is CCCN(Cc1coc(-c2ccc(C)cc2)n1)C1CCNC1. The Morgan fingerprint density at radius 2 is 2.14 bits per heavy atom. The van der Waals surface area contributed by atoms with Crippen LogP contribution in [0.4, 0.5) is 0 Å². The zero-order valence-corrected chi connectivity index (χ0v) is 13.5. The summed E-state index contributed by atoms with van der Waals surface area (Å²) < 4.78 is 5.68.